The Morgan fingerprint density at radius 3 is 2.90 bits per heavy atom. The van der Waals surface area contributed by atoms with Gasteiger partial charge in [0.15, 0.2) is 0 Å². The van der Waals surface area contributed by atoms with Crippen molar-refractivity contribution in [1.29, 1.82) is 0 Å². The summed E-state index contributed by atoms with van der Waals surface area (Å²) >= 11 is 7.38. The van der Waals surface area contributed by atoms with Crippen LogP contribution in [-0.2, 0) is 16.0 Å². The Bertz CT molecular complexity index is 503. The fourth-order valence-electron chi connectivity index (χ4n) is 2.49. The van der Waals surface area contributed by atoms with Crippen LogP contribution in [0.25, 0.3) is 0 Å². The van der Waals surface area contributed by atoms with Gasteiger partial charge in [0.25, 0.3) is 0 Å². The van der Waals surface area contributed by atoms with Crippen molar-refractivity contribution in [2.45, 2.75) is 45.2 Å². The van der Waals surface area contributed by atoms with Crippen molar-refractivity contribution in [2.75, 3.05) is 6.54 Å². The van der Waals surface area contributed by atoms with E-state index in [1.54, 1.807) is 4.90 Å². The van der Waals surface area contributed by atoms with Crippen molar-refractivity contribution in [2.24, 2.45) is 0 Å². The molecule has 110 valence electrons. The van der Waals surface area contributed by atoms with Crippen molar-refractivity contribution in [3.63, 3.8) is 0 Å². The third-order valence-electron chi connectivity index (χ3n) is 3.46. The molecule has 0 bridgehead atoms. The average Bonchev–Trinajstić information content (AvgIpc) is 2.81. The molecule has 0 aromatic carbocycles. The zero-order valence-corrected chi connectivity index (χ0v) is 13.3. The highest BCUT2D eigenvalue weighted by molar-refractivity contribution is 7.16. The monoisotopic (exact) mass is 314 g/mol. The van der Waals surface area contributed by atoms with Crippen molar-refractivity contribution in [1.82, 2.24) is 10.2 Å². The van der Waals surface area contributed by atoms with Gasteiger partial charge >= 0.3 is 0 Å². The van der Waals surface area contributed by atoms with Crippen molar-refractivity contribution < 1.29 is 9.59 Å². The number of nitrogens with one attached hydrogen (secondary N) is 1. The minimum atomic E-state index is -0.328. The molecular formula is C14H19ClN2O2S. The first-order chi connectivity index (χ1) is 9.51. The SMILES string of the molecule is CC[C@H]1C(=O)NC(C)CN1C(=O)CCc1ccc(Cl)s1. The van der Waals surface area contributed by atoms with Crippen LogP contribution in [0.2, 0.25) is 4.34 Å². The zero-order valence-electron chi connectivity index (χ0n) is 11.7. The van der Waals surface area contributed by atoms with Gasteiger partial charge in [-0.25, -0.2) is 0 Å². The third-order valence-corrected chi connectivity index (χ3v) is 4.75. The van der Waals surface area contributed by atoms with Crippen molar-refractivity contribution >= 4 is 34.8 Å². The predicted octanol–water partition coefficient (Wildman–Crippen LogP) is 2.46. The van der Waals surface area contributed by atoms with E-state index in [0.29, 0.717) is 25.8 Å². The van der Waals surface area contributed by atoms with Crippen LogP contribution in [0.15, 0.2) is 12.1 Å². The minimum absolute atomic E-state index is 0.0189. The molecule has 2 atom stereocenters. The van der Waals surface area contributed by atoms with E-state index in [0.717, 1.165) is 9.21 Å². The van der Waals surface area contributed by atoms with Crippen LogP contribution in [0.5, 0.6) is 0 Å². The number of aryl methyl sites for hydroxylation is 1. The molecule has 6 heteroatoms. The molecule has 4 nitrogen and oxygen atoms in total. The van der Waals surface area contributed by atoms with E-state index in [-0.39, 0.29) is 23.9 Å². The third kappa shape index (κ3) is 3.52. The molecule has 1 unspecified atom stereocenters. The summed E-state index contributed by atoms with van der Waals surface area (Å²) < 4.78 is 0.741. The van der Waals surface area contributed by atoms with Gasteiger partial charge in [0.2, 0.25) is 11.8 Å². The smallest absolute Gasteiger partial charge is 0.243 e. The van der Waals surface area contributed by atoms with Gasteiger partial charge in [0.1, 0.15) is 6.04 Å². The highest BCUT2D eigenvalue weighted by atomic mass is 35.5. The van der Waals surface area contributed by atoms with E-state index in [1.807, 2.05) is 26.0 Å². The maximum atomic E-state index is 12.4. The first-order valence-electron chi connectivity index (χ1n) is 6.85. The zero-order chi connectivity index (χ0) is 14.7. The Morgan fingerprint density at radius 2 is 2.30 bits per heavy atom. The lowest BCUT2D eigenvalue weighted by Crippen LogP contribution is -2.60. The van der Waals surface area contributed by atoms with Crippen LogP contribution in [0.1, 0.15) is 31.6 Å². The molecule has 20 heavy (non-hydrogen) atoms. The number of halogens is 1. The van der Waals surface area contributed by atoms with Crippen LogP contribution in [0.4, 0.5) is 0 Å². The van der Waals surface area contributed by atoms with Crippen LogP contribution >= 0.6 is 22.9 Å². The lowest BCUT2D eigenvalue weighted by Gasteiger charge is -2.38. The molecule has 1 aromatic heterocycles. The molecule has 1 N–H and O–H groups in total. The van der Waals surface area contributed by atoms with E-state index in [1.165, 1.54) is 11.3 Å². The molecular weight excluding hydrogens is 296 g/mol. The number of thiophene rings is 1. The summed E-state index contributed by atoms with van der Waals surface area (Å²) in [5.74, 6) is 0.00170. The van der Waals surface area contributed by atoms with E-state index < -0.39 is 0 Å². The van der Waals surface area contributed by atoms with E-state index in [2.05, 4.69) is 5.32 Å². The highest BCUT2D eigenvalue weighted by Crippen LogP contribution is 2.23. The van der Waals surface area contributed by atoms with Crippen molar-refractivity contribution in [3.05, 3.63) is 21.3 Å². The highest BCUT2D eigenvalue weighted by Gasteiger charge is 2.34. The largest absolute Gasteiger partial charge is 0.350 e. The average molecular weight is 315 g/mol. The summed E-state index contributed by atoms with van der Waals surface area (Å²) in [4.78, 5) is 27.1. The summed E-state index contributed by atoms with van der Waals surface area (Å²) in [6.45, 7) is 4.44. The lowest BCUT2D eigenvalue weighted by atomic mass is 10.1. The number of carbonyl (C=O) groups is 2. The second-order valence-electron chi connectivity index (χ2n) is 5.09. The summed E-state index contributed by atoms with van der Waals surface area (Å²) in [6, 6.07) is 3.48. The van der Waals surface area contributed by atoms with Crippen LogP contribution in [0, 0.1) is 0 Å². The van der Waals surface area contributed by atoms with Crippen molar-refractivity contribution in [3.8, 4) is 0 Å². The molecule has 1 aromatic rings. The first-order valence-corrected chi connectivity index (χ1v) is 8.04. The number of hydrogen-bond acceptors (Lipinski definition) is 3. The second-order valence-corrected chi connectivity index (χ2v) is 6.89. The second kappa shape index (κ2) is 6.59. The number of hydrogen-bond donors (Lipinski definition) is 1. The molecule has 0 aliphatic carbocycles. The Hall–Kier alpha value is -1.07. The summed E-state index contributed by atoms with van der Waals surface area (Å²) in [5, 5.41) is 2.89. The number of nitrogens with zero attached hydrogens (tertiary/aromatic N) is 1. The Balaban J connectivity index is 1.97. The van der Waals surface area contributed by atoms with Gasteiger partial charge < -0.3 is 10.2 Å². The Morgan fingerprint density at radius 1 is 1.55 bits per heavy atom. The number of carbonyl (C=O) groups excluding carboxylic acids is 2. The van der Waals surface area contributed by atoms with Crippen LogP contribution in [-0.4, -0.2) is 35.3 Å². The summed E-state index contributed by atoms with van der Waals surface area (Å²) in [5.41, 5.74) is 0. The molecule has 1 aliphatic rings. The maximum Gasteiger partial charge on any atom is 0.243 e. The fraction of sp³-hybridized carbons (Fsp3) is 0.571. The molecule has 1 fully saturated rings. The first kappa shape index (κ1) is 15.3. The lowest BCUT2D eigenvalue weighted by molar-refractivity contribution is -0.144. The molecule has 2 amide bonds. The standard InChI is InChI=1S/C14H19ClN2O2S/c1-3-11-14(19)16-9(2)8-17(11)13(18)7-5-10-4-6-12(15)20-10/h4,6,9,11H,3,5,7-8H2,1-2H3,(H,16,19)/t9?,11-/m0/s1. The van der Waals surface area contributed by atoms with Gasteiger partial charge in [0.05, 0.1) is 4.34 Å². The van der Waals surface area contributed by atoms with E-state index in [9.17, 15) is 9.59 Å². The Kier molecular flexibility index (Phi) is 5.05. The normalized spacial score (nSPS) is 22.8. The van der Waals surface area contributed by atoms with E-state index in [4.69, 9.17) is 11.6 Å². The summed E-state index contributed by atoms with van der Waals surface area (Å²) in [7, 11) is 0. The minimum Gasteiger partial charge on any atom is -0.350 e. The predicted molar refractivity (Wildman–Crippen MR) is 81.0 cm³/mol. The molecule has 1 aliphatic heterocycles. The molecule has 1 saturated heterocycles. The molecule has 0 radical (unpaired) electrons. The topological polar surface area (TPSA) is 49.4 Å². The summed E-state index contributed by atoms with van der Waals surface area (Å²) in [6.07, 6.45) is 1.75. The molecule has 2 heterocycles. The maximum absolute atomic E-state index is 12.4. The number of amides is 2. The van der Waals surface area contributed by atoms with Gasteiger partial charge in [-0.3, -0.25) is 9.59 Å². The van der Waals surface area contributed by atoms with E-state index >= 15 is 0 Å². The molecule has 2 rings (SSSR count). The van der Waals surface area contributed by atoms with Gasteiger partial charge in [-0.1, -0.05) is 18.5 Å². The van der Waals surface area contributed by atoms with Gasteiger partial charge in [-0.15, -0.1) is 11.3 Å². The van der Waals surface area contributed by atoms with Gasteiger partial charge in [-0.2, -0.15) is 0 Å². The quantitative estimate of drug-likeness (QED) is 0.928. The number of piperazine rings is 1. The number of rotatable bonds is 4. The molecule has 0 spiro atoms. The fourth-order valence-corrected chi connectivity index (χ4v) is 3.58. The van der Waals surface area contributed by atoms with Crippen LogP contribution < -0.4 is 5.32 Å². The van der Waals surface area contributed by atoms with Gasteiger partial charge in [-0.05, 0) is 31.9 Å². The Labute approximate surface area is 128 Å². The van der Waals surface area contributed by atoms with Crippen LogP contribution in [0.3, 0.4) is 0 Å². The van der Waals surface area contributed by atoms with Gasteiger partial charge in [0, 0.05) is 23.9 Å². The molecule has 0 saturated carbocycles.